The van der Waals surface area contributed by atoms with Gasteiger partial charge in [0.2, 0.25) is 10.0 Å². The maximum absolute atomic E-state index is 12.9. The van der Waals surface area contributed by atoms with Crippen molar-refractivity contribution in [3.63, 3.8) is 0 Å². The molecule has 0 radical (unpaired) electrons. The van der Waals surface area contributed by atoms with Crippen LogP contribution in [-0.4, -0.2) is 31.7 Å². The minimum absolute atomic E-state index is 0.0926. The Bertz CT molecular complexity index is 1100. The number of ether oxygens (including phenoxy) is 1. The summed E-state index contributed by atoms with van der Waals surface area (Å²) in [7, 11) is -3.69. The molecule has 0 saturated carbocycles. The van der Waals surface area contributed by atoms with Crippen molar-refractivity contribution in [1.82, 2.24) is 4.31 Å². The standard InChI is InChI=1S/C23H24N2O4S/c1-3-25(4-2)30(27,28)20-15-16-22(29-19-13-9-6-10-14-19)21(17-20)24-23(26)18-11-7-5-8-12-18/h5-17H,3-4H2,1-2H3,(H,24,26). The quantitative estimate of drug-likeness (QED) is 0.566. The summed E-state index contributed by atoms with van der Waals surface area (Å²) in [6.45, 7) is 4.28. The highest BCUT2D eigenvalue weighted by Gasteiger charge is 2.23. The van der Waals surface area contributed by atoms with E-state index in [-0.39, 0.29) is 16.5 Å². The topological polar surface area (TPSA) is 75.7 Å². The Morgan fingerprint density at radius 3 is 2.10 bits per heavy atom. The first-order valence-electron chi connectivity index (χ1n) is 9.69. The fraction of sp³-hybridized carbons (Fsp3) is 0.174. The summed E-state index contributed by atoms with van der Waals surface area (Å²) < 4.78 is 33.2. The molecule has 0 heterocycles. The number of carbonyl (C=O) groups excluding carboxylic acids is 1. The molecule has 0 saturated heterocycles. The monoisotopic (exact) mass is 424 g/mol. The van der Waals surface area contributed by atoms with E-state index in [1.165, 1.54) is 16.4 Å². The van der Waals surface area contributed by atoms with E-state index in [9.17, 15) is 13.2 Å². The van der Waals surface area contributed by atoms with Crippen molar-refractivity contribution in [3.8, 4) is 11.5 Å². The van der Waals surface area contributed by atoms with Crippen molar-refractivity contribution in [1.29, 1.82) is 0 Å². The van der Waals surface area contributed by atoms with Gasteiger partial charge in [0.15, 0.2) is 5.75 Å². The number of rotatable bonds is 8. The van der Waals surface area contributed by atoms with Crippen LogP contribution >= 0.6 is 0 Å². The second-order valence-electron chi connectivity index (χ2n) is 6.48. The van der Waals surface area contributed by atoms with Gasteiger partial charge in [-0.2, -0.15) is 4.31 Å². The van der Waals surface area contributed by atoms with Crippen LogP contribution < -0.4 is 10.1 Å². The van der Waals surface area contributed by atoms with Crippen molar-refractivity contribution >= 4 is 21.6 Å². The molecule has 30 heavy (non-hydrogen) atoms. The Labute approximate surface area is 177 Å². The molecule has 1 amide bonds. The molecule has 0 aliphatic rings. The highest BCUT2D eigenvalue weighted by atomic mass is 32.2. The van der Waals surface area contributed by atoms with Crippen LogP contribution in [-0.2, 0) is 10.0 Å². The van der Waals surface area contributed by atoms with E-state index in [2.05, 4.69) is 5.32 Å². The summed E-state index contributed by atoms with van der Waals surface area (Å²) >= 11 is 0. The Balaban J connectivity index is 2.01. The zero-order valence-electron chi connectivity index (χ0n) is 16.9. The Kier molecular flexibility index (Phi) is 6.87. The summed E-state index contributed by atoms with van der Waals surface area (Å²) in [4.78, 5) is 12.8. The molecule has 0 bridgehead atoms. The molecule has 3 aromatic carbocycles. The van der Waals surface area contributed by atoms with Crippen LogP contribution in [0.15, 0.2) is 83.8 Å². The van der Waals surface area contributed by atoms with Crippen LogP contribution in [0, 0.1) is 0 Å². The van der Waals surface area contributed by atoms with Crippen LogP contribution in [0.5, 0.6) is 11.5 Å². The summed E-state index contributed by atoms with van der Waals surface area (Å²) in [5.41, 5.74) is 0.737. The van der Waals surface area contributed by atoms with Crippen LogP contribution in [0.25, 0.3) is 0 Å². The minimum atomic E-state index is -3.69. The second-order valence-corrected chi connectivity index (χ2v) is 8.42. The van der Waals surface area contributed by atoms with Gasteiger partial charge in [0.05, 0.1) is 10.6 Å². The molecule has 0 aromatic heterocycles. The van der Waals surface area contributed by atoms with Crippen molar-refractivity contribution in [2.45, 2.75) is 18.7 Å². The Morgan fingerprint density at radius 1 is 0.900 bits per heavy atom. The van der Waals surface area contributed by atoms with Gasteiger partial charge in [0.1, 0.15) is 5.75 Å². The fourth-order valence-corrected chi connectivity index (χ4v) is 4.45. The molecule has 0 unspecified atom stereocenters. The third-order valence-corrected chi connectivity index (χ3v) is 6.60. The normalized spacial score (nSPS) is 11.3. The van der Waals surface area contributed by atoms with Crippen LogP contribution in [0.4, 0.5) is 5.69 Å². The van der Waals surface area contributed by atoms with E-state index >= 15 is 0 Å². The third kappa shape index (κ3) is 4.87. The van der Waals surface area contributed by atoms with E-state index in [1.807, 2.05) is 24.3 Å². The number of hydrogen-bond donors (Lipinski definition) is 1. The van der Waals surface area contributed by atoms with Gasteiger partial charge in [-0.15, -0.1) is 0 Å². The third-order valence-electron chi connectivity index (χ3n) is 4.55. The zero-order valence-corrected chi connectivity index (χ0v) is 17.7. The smallest absolute Gasteiger partial charge is 0.255 e. The van der Waals surface area contributed by atoms with Crippen LogP contribution in [0.2, 0.25) is 0 Å². The summed E-state index contributed by atoms with van der Waals surface area (Å²) in [6.07, 6.45) is 0. The van der Waals surface area contributed by atoms with Crippen molar-refractivity contribution in [2.75, 3.05) is 18.4 Å². The number of para-hydroxylation sites is 1. The molecule has 1 N–H and O–H groups in total. The molecular formula is C23H24N2O4S. The molecule has 0 aliphatic heterocycles. The predicted molar refractivity (Wildman–Crippen MR) is 117 cm³/mol. The Hall–Kier alpha value is -3.16. The zero-order chi connectivity index (χ0) is 21.6. The molecular weight excluding hydrogens is 400 g/mol. The highest BCUT2D eigenvalue weighted by molar-refractivity contribution is 7.89. The van der Waals surface area contributed by atoms with E-state index in [0.717, 1.165) is 0 Å². The molecule has 156 valence electrons. The van der Waals surface area contributed by atoms with Gasteiger partial charge in [0, 0.05) is 18.7 Å². The lowest BCUT2D eigenvalue weighted by molar-refractivity contribution is 0.102. The highest BCUT2D eigenvalue weighted by Crippen LogP contribution is 2.33. The maximum atomic E-state index is 12.9. The summed E-state index contributed by atoms with van der Waals surface area (Å²) in [6, 6.07) is 22.3. The maximum Gasteiger partial charge on any atom is 0.255 e. The molecule has 3 rings (SSSR count). The number of nitrogens with one attached hydrogen (secondary N) is 1. The average Bonchev–Trinajstić information content (AvgIpc) is 2.77. The molecule has 0 atom stereocenters. The lowest BCUT2D eigenvalue weighted by Gasteiger charge is -2.20. The molecule has 0 fully saturated rings. The van der Waals surface area contributed by atoms with Crippen molar-refractivity contribution in [2.24, 2.45) is 0 Å². The number of nitrogens with zero attached hydrogens (tertiary/aromatic N) is 1. The minimum Gasteiger partial charge on any atom is -0.455 e. The summed E-state index contributed by atoms with van der Waals surface area (Å²) in [5, 5.41) is 2.79. The van der Waals surface area contributed by atoms with Crippen LogP contribution in [0.3, 0.4) is 0 Å². The van der Waals surface area contributed by atoms with Gasteiger partial charge in [-0.25, -0.2) is 8.42 Å². The summed E-state index contributed by atoms with van der Waals surface area (Å²) in [5.74, 6) is 0.571. The fourth-order valence-electron chi connectivity index (χ4n) is 2.97. The van der Waals surface area contributed by atoms with E-state index in [1.54, 1.807) is 56.3 Å². The first-order chi connectivity index (χ1) is 14.5. The van der Waals surface area contributed by atoms with E-state index in [4.69, 9.17) is 4.74 Å². The van der Waals surface area contributed by atoms with Gasteiger partial charge < -0.3 is 10.1 Å². The van der Waals surface area contributed by atoms with Gasteiger partial charge in [-0.1, -0.05) is 50.2 Å². The first kappa shape index (κ1) is 21.5. The molecule has 0 spiro atoms. The number of sulfonamides is 1. The predicted octanol–water partition coefficient (Wildman–Crippen LogP) is 4.76. The van der Waals surface area contributed by atoms with Crippen molar-refractivity contribution < 1.29 is 17.9 Å². The second kappa shape index (κ2) is 9.56. The van der Waals surface area contributed by atoms with Gasteiger partial charge in [0.25, 0.3) is 5.91 Å². The lowest BCUT2D eigenvalue weighted by Crippen LogP contribution is -2.30. The SMILES string of the molecule is CCN(CC)S(=O)(=O)c1ccc(Oc2ccccc2)c(NC(=O)c2ccccc2)c1. The van der Waals surface area contributed by atoms with E-state index < -0.39 is 10.0 Å². The Morgan fingerprint density at radius 2 is 1.50 bits per heavy atom. The first-order valence-corrected chi connectivity index (χ1v) is 11.1. The molecule has 6 nitrogen and oxygen atoms in total. The van der Waals surface area contributed by atoms with Gasteiger partial charge >= 0.3 is 0 Å². The average molecular weight is 425 g/mol. The van der Waals surface area contributed by atoms with E-state index in [0.29, 0.717) is 30.2 Å². The van der Waals surface area contributed by atoms with Gasteiger partial charge in [-0.3, -0.25) is 4.79 Å². The van der Waals surface area contributed by atoms with Gasteiger partial charge in [-0.05, 0) is 42.5 Å². The number of benzene rings is 3. The van der Waals surface area contributed by atoms with Crippen molar-refractivity contribution in [3.05, 3.63) is 84.4 Å². The number of amides is 1. The molecule has 0 aliphatic carbocycles. The molecule has 7 heteroatoms. The number of carbonyl (C=O) groups is 1. The molecule has 3 aromatic rings. The largest absolute Gasteiger partial charge is 0.455 e. The lowest BCUT2D eigenvalue weighted by atomic mass is 10.2. The van der Waals surface area contributed by atoms with Crippen LogP contribution in [0.1, 0.15) is 24.2 Å². The number of hydrogen-bond acceptors (Lipinski definition) is 4. The number of anilines is 1.